The molecule has 1 aliphatic rings. The lowest BCUT2D eigenvalue weighted by molar-refractivity contribution is -0.142. The predicted molar refractivity (Wildman–Crippen MR) is 81.5 cm³/mol. The number of hydrogen-bond acceptors (Lipinski definition) is 3. The minimum atomic E-state index is -0.134. The molecule has 108 valence electrons. The van der Waals surface area contributed by atoms with Crippen molar-refractivity contribution < 1.29 is 9.53 Å². The first-order valence-electron chi connectivity index (χ1n) is 7.31. The average molecular weight is 281 g/mol. The molecule has 1 heterocycles. The fourth-order valence-electron chi connectivity index (χ4n) is 2.73. The van der Waals surface area contributed by atoms with Crippen LogP contribution in [0.25, 0.3) is 0 Å². The lowest BCUT2D eigenvalue weighted by Crippen LogP contribution is -2.37. The number of nitrogens with zero attached hydrogens (tertiary/aromatic N) is 1. The van der Waals surface area contributed by atoms with Crippen molar-refractivity contribution in [3.8, 4) is 0 Å². The molecule has 2 aromatic carbocycles. The predicted octanol–water partition coefficient (Wildman–Crippen LogP) is 3.00. The van der Waals surface area contributed by atoms with E-state index in [1.807, 2.05) is 36.4 Å². The zero-order valence-corrected chi connectivity index (χ0v) is 11.9. The molecule has 0 saturated carbocycles. The smallest absolute Gasteiger partial charge is 0.323 e. The van der Waals surface area contributed by atoms with Gasteiger partial charge in [0, 0.05) is 19.5 Å². The van der Waals surface area contributed by atoms with Crippen molar-refractivity contribution in [1.29, 1.82) is 0 Å². The highest BCUT2D eigenvalue weighted by molar-refractivity contribution is 5.77. The fourth-order valence-corrected chi connectivity index (χ4v) is 2.73. The van der Waals surface area contributed by atoms with Gasteiger partial charge in [0.25, 0.3) is 0 Å². The molecule has 1 fully saturated rings. The number of rotatable bonds is 5. The maximum absolute atomic E-state index is 11.9. The number of benzene rings is 2. The van der Waals surface area contributed by atoms with Crippen molar-refractivity contribution in [3.63, 3.8) is 0 Å². The van der Waals surface area contributed by atoms with E-state index in [4.69, 9.17) is 4.74 Å². The third-order valence-electron chi connectivity index (χ3n) is 3.81. The molecule has 0 aromatic heterocycles. The van der Waals surface area contributed by atoms with Crippen LogP contribution in [0.5, 0.6) is 0 Å². The van der Waals surface area contributed by atoms with Gasteiger partial charge in [0.2, 0.25) is 0 Å². The highest BCUT2D eigenvalue weighted by atomic mass is 16.5. The average Bonchev–Trinajstić information content (AvgIpc) is 2.95. The Bertz CT molecular complexity index is 541. The summed E-state index contributed by atoms with van der Waals surface area (Å²) in [6.45, 7) is 2.05. The molecule has 1 aliphatic heterocycles. The number of ether oxygens (including phenoxy) is 1. The molecule has 0 spiro atoms. The fraction of sp³-hybridized carbons (Fsp3) is 0.278. The highest BCUT2D eigenvalue weighted by Gasteiger charge is 2.32. The SMILES string of the molecule is O=C1OCC[C@H]1N(Cc1ccccc1)Cc1ccccc1. The molecule has 2 aromatic rings. The minimum Gasteiger partial charge on any atom is -0.464 e. The number of carbonyl (C=O) groups excluding carboxylic acids is 1. The Morgan fingerprint density at radius 3 is 1.86 bits per heavy atom. The topological polar surface area (TPSA) is 29.5 Å². The molecule has 1 atom stereocenters. The Kier molecular flexibility index (Phi) is 4.31. The Hall–Kier alpha value is -2.13. The quantitative estimate of drug-likeness (QED) is 0.789. The largest absolute Gasteiger partial charge is 0.464 e. The van der Waals surface area contributed by atoms with Crippen molar-refractivity contribution in [2.75, 3.05) is 6.61 Å². The third kappa shape index (κ3) is 3.50. The lowest BCUT2D eigenvalue weighted by atomic mass is 10.1. The van der Waals surface area contributed by atoms with Crippen molar-refractivity contribution >= 4 is 5.97 Å². The van der Waals surface area contributed by atoms with Crippen LogP contribution in [0, 0.1) is 0 Å². The van der Waals surface area contributed by atoms with Crippen LogP contribution in [-0.2, 0) is 22.6 Å². The van der Waals surface area contributed by atoms with E-state index in [1.54, 1.807) is 0 Å². The van der Waals surface area contributed by atoms with Gasteiger partial charge in [-0.1, -0.05) is 60.7 Å². The molecule has 3 nitrogen and oxygen atoms in total. The summed E-state index contributed by atoms with van der Waals surface area (Å²) in [6, 6.07) is 20.4. The van der Waals surface area contributed by atoms with E-state index in [1.165, 1.54) is 11.1 Å². The molecular weight excluding hydrogens is 262 g/mol. The first-order chi connectivity index (χ1) is 10.3. The summed E-state index contributed by atoms with van der Waals surface area (Å²) in [7, 11) is 0. The van der Waals surface area contributed by atoms with Crippen LogP contribution in [0.15, 0.2) is 60.7 Å². The van der Waals surface area contributed by atoms with Crippen LogP contribution >= 0.6 is 0 Å². The number of hydrogen-bond donors (Lipinski definition) is 0. The Labute approximate surface area is 125 Å². The Balaban J connectivity index is 1.79. The summed E-state index contributed by atoms with van der Waals surface area (Å²) in [4.78, 5) is 14.1. The molecule has 3 heteroatoms. The molecule has 3 rings (SSSR count). The molecule has 21 heavy (non-hydrogen) atoms. The van der Waals surface area contributed by atoms with Gasteiger partial charge in [-0.15, -0.1) is 0 Å². The number of esters is 1. The molecular formula is C18H19NO2. The van der Waals surface area contributed by atoms with Crippen LogP contribution in [0.1, 0.15) is 17.5 Å². The van der Waals surface area contributed by atoms with Crippen LogP contribution in [0.2, 0.25) is 0 Å². The molecule has 0 amide bonds. The van der Waals surface area contributed by atoms with Gasteiger partial charge in [0.1, 0.15) is 6.04 Å². The van der Waals surface area contributed by atoms with E-state index in [0.717, 1.165) is 19.5 Å². The van der Waals surface area contributed by atoms with Crippen molar-refractivity contribution in [2.45, 2.75) is 25.6 Å². The van der Waals surface area contributed by atoms with Crippen LogP contribution < -0.4 is 0 Å². The van der Waals surface area contributed by atoms with E-state index in [-0.39, 0.29) is 12.0 Å². The van der Waals surface area contributed by atoms with Gasteiger partial charge < -0.3 is 4.74 Å². The number of cyclic esters (lactones) is 1. The lowest BCUT2D eigenvalue weighted by Gasteiger charge is -2.26. The van der Waals surface area contributed by atoms with E-state index in [2.05, 4.69) is 29.2 Å². The maximum atomic E-state index is 11.9. The van der Waals surface area contributed by atoms with E-state index < -0.39 is 0 Å². The van der Waals surface area contributed by atoms with E-state index in [0.29, 0.717) is 6.61 Å². The van der Waals surface area contributed by atoms with Gasteiger partial charge in [-0.3, -0.25) is 9.69 Å². The second-order valence-electron chi connectivity index (χ2n) is 5.35. The van der Waals surface area contributed by atoms with Crippen LogP contribution in [0.4, 0.5) is 0 Å². The zero-order valence-electron chi connectivity index (χ0n) is 11.9. The monoisotopic (exact) mass is 281 g/mol. The summed E-state index contributed by atoms with van der Waals surface area (Å²) in [5, 5.41) is 0. The van der Waals surface area contributed by atoms with Crippen LogP contribution in [-0.4, -0.2) is 23.5 Å². The second-order valence-corrected chi connectivity index (χ2v) is 5.35. The zero-order chi connectivity index (χ0) is 14.5. The molecule has 1 saturated heterocycles. The summed E-state index contributed by atoms with van der Waals surface area (Å²) < 4.78 is 5.14. The summed E-state index contributed by atoms with van der Waals surface area (Å²) in [6.07, 6.45) is 0.776. The molecule has 0 aliphatic carbocycles. The maximum Gasteiger partial charge on any atom is 0.323 e. The van der Waals surface area contributed by atoms with Gasteiger partial charge in [-0.25, -0.2) is 0 Å². The van der Waals surface area contributed by atoms with Crippen LogP contribution in [0.3, 0.4) is 0 Å². The molecule has 0 bridgehead atoms. The Morgan fingerprint density at radius 2 is 1.43 bits per heavy atom. The number of carbonyl (C=O) groups is 1. The molecule has 0 radical (unpaired) electrons. The standard InChI is InChI=1S/C18H19NO2/c20-18-17(11-12-21-18)19(13-15-7-3-1-4-8-15)14-16-9-5-2-6-10-16/h1-10,17H,11-14H2/t17-/m1/s1. The summed E-state index contributed by atoms with van der Waals surface area (Å²) in [5.41, 5.74) is 2.43. The van der Waals surface area contributed by atoms with Crippen molar-refractivity contribution in [2.24, 2.45) is 0 Å². The van der Waals surface area contributed by atoms with Gasteiger partial charge in [0.05, 0.1) is 6.61 Å². The minimum absolute atomic E-state index is 0.0955. The summed E-state index contributed by atoms with van der Waals surface area (Å²) >= 11 is 0. The van der Waals surface area contributed by atoms with Crippen molar-refractivity contribution in [1.82, 2.24) is 4.90 Å². The van der Waals surface area contributed by atoms with Gasteiger partial charge in [-0.05, 0) is 11.1 Å². The third-order valence-corrected chi connectivity index (χ3v) is 3.81. The van der Waals surface area contributed by atoms with Crippen molar-refractivity contribution in [3.05, 3.63) is 71.8 Å². The second kappa shape index (κ2) is 6.55. The van der Waals surface area contributed by atoms with Gasteiger partial charge in [-0.2, -0.15) is 0 Å². The van der Waals surface area contributed by atoms with Gasteiger partial charge >= 0.3 is 5.97 Å². The molecule has 0 unspecified atom stereocenters. The van der Waals surface area contributed by atoms with Gasteiger partial charge in [0.15, 0.2) is 0 Å². The molecule has 0 N–H and O–H groups in total. The summed E-state index contributed by atoms with van der Waals surface area (Å²) in [5.74, 6) is -0.0955. The van der Waals surface area contributed by atoms with E-state index in [9.17, 15) is 4.79 Å². The highest BCUT2D eigenvalue weighted by Crippen LogP contribution is 2.20. The first kappa shape index (κ1) is 13.8. The normalized spacial score (nSPS) is 18.0. The first-order valence-corrected chi connectivity index (χ1v) is 7.31. The Morgan fingerprint density at radius 1 is 0.905 bits per heavy atom. The van der Waals surface area contributed by atoms with E-state index >= 15 is 0 Å².